The van der Waals surface area contributed by atoms with Crippen LogP contribution in [0.4, 0.5) is 5.69 Å². The molecule has 0 unspecified atom stereocenters. The van der Waals surface area contributed by atoms with Crippen molar-refractivity contribution in [2.75, 3.05) is 44.3 Å². The number of nitrogens with zero attached hydrogens (tertiary/aromatic N) is 3. The molecule has 0 aromatic heterocycles. The molecule has 6 heteroatoms. The summed E-state index contributed by atoms with van der Waals surface area (Å²) in [5.74, 6) is 1.08. The maximum atomic E-state index is 13.3. The van der Waals surface area contributed by atoms with Crippen molar-refractivity contribution in [3.8, 4) is 0 Å². The van der Waals surface area contributed by atoms with Crippen LogP contribution in [0.2, 0.25) is 0 Å². The molecule has 0 bridgehead atoms. The Morgan fingerprint density at radius 2 is 1.67 bits per heavy atom. The standard InChI is InChI=1S/C27H41N3O3/c1-22(31)30-18-6-16-28(25-13-19-33-20-14-25)15-5-17-29(21-24-9-2-3-10-26(24)30)27(32)12-11-23-7-4-8-23/h2-3,9-10,23,25H,4-8,11-21H2,1H3. The maximum absolute atomic E-state index is 13.3. The Labute approximate surface area is 199 Å². The molecule has 2 heterocycles. The van der Waals surface area contributed by atoms with Crippen LogP contribution in [0.5, 0.6) is 0 Å². The number of ether oxygens (including phenoxy) is 1. The zero-order valence-electron chi connectivity index (χ0n) is 20.3. The summed E-state index contributed by atoms with van der Waals surface area (Å²) in [5.41, 5.74) is 2.03. The van der Waals surface area contributed by atoms with Crippen LogP contribution >= 0.6 is 0 Å². The highest BCUT2D eigenvalue weighted by atomic mass is 16.5. The van der Waals surface area contributed by atoms with Gasteiger partial charge in [-0.1, -0.05) is 37.5 Å². The molecule has 3 aliphatic rings. The molecule has 1 aromatic rings. The van der Waals surface area contributed by atoms with Crippen molar-refractivity contribution >= 4 is 17.5 Å². The second-order valence-electron chi connectivity index (χ2n) is 10.0. The van der Waals surface area contributed by atoms with Crippen molar-refractivity contribution < 1.29 is 14.3 Å². The summed E-state index contributed by atoms with van der Waals surface area (Å²) in [6.45, 7) is 7.37. The lowest BCUT2D eigenvalue weighted by molar-refractivity contribution is -0.132. The third-order valence-corrected chi connectivity index (χ3v) is 7.78. The van der Waals surface area contributed by atoms with E-state index < -0.39 is 0 Å². The van der Waals surface area contributed by atoms with Gasteiger partial charge in [0.25, 0.3) is 0 Å². The molecule has 2 fully saturated rings. The van der Waals surface area contributed by atoms with E-state index in [1.807, 2.05) is 23.1 Å². The van der Waals surface area contributed by atoms with E-state index in [2.05, 4.69) is 15.9 Å². The van der Waals surface area contributed by atoms with Gasteiger partial charge in [0.2, 0.25) is 11.8 Å². The van der Waals surface area contributed by atoms with E-state index in [4.69, 9.17) is 4.74 Å². The average Bonchev–Trinajstić information content (AvgIpc) is 2.78. The normalized spacial score (nSPS) is 22.1. The number of rotatable bonds is 4. The molecular weight excluding hydrogens is 414 g/mol. The summed E-state index contributed by atoms with van der Waals surface area (Å²) in [6.07, 6.45) is 9.64. The molecule has 33 heavy (non-hydrogen) atoms. The summed E-state index contributed by atoms with van der Waals surface area (Å²) < 4.78 is 5.59. The molecular formula is C27H41N3O3. The molecule has 4 rings (SSSR count). The van der Waals surface area contributed by atoms with E-state index in [1.54, 1.807) is 6.92 Å². The predicted octanol–water partition coefficient (Wildman–Crippen LogP) is 4.22. The smallest absolute Gasteiger partial charge is 0.223 e. The fourth-order valence-corrected chi connectivity index (χ4v) is 5.54. The first-order chi connectivity index (χ1) is 16.1. The van der Waals surface area contributed by atoms with E-state index in [-0.39, 0.29) is 11.8 Å². The number of hydrogen-bond donors (Lipinski definition) is 0. The van der Waals surface area contributed by atoms with Gasteiger partial charge >= 0.3 is 0 Å². The first-order valence-corrected chi connectivity index (χ1v) is 13.1. The summed E-state index contributed by atoms with van der Waals surface area (Å²) >= 11 is 0. The topological polar surface area (TPSA) is 53.1 Å². The van der Waals surface area contributed by atoms with Crippen LogP contribution in [0.25, 0.3) is 0 Å². The third-order valence-electron chi connectivity index (χ3n) is 7.78. The largest absolute Gasteiger partial charge is 0.381 e. The van der Waals surface area contributed by atoms with Crippen LogP contribution < -0.4 is 4.90 Å². The number of carbonyl (C=O) groups is 2. The van der Waals surface area contributed by atoms with E-state index >= 15 is 0 Å². The van der Waals surface area contributed by atoms with Crippen LogP contribution in [-0.4, -0.2) is 67.0 Å². The van der Waals surface area contributed by atoms with Crippen LogP contribution in [0.3, 0.4) is 0 Å². The number of para-hydroxylation sites is 1. The molecule has 2 amide bonds. The highest BCUT2D eigenvalue weighted by molar-refractivity contribution is 5.92. The third kappa shape index (κ3) is 6.57. The van der Waals surface area contributed by atoms with E-state index in [0.29, 0.717) is 25.6 Å². The van der Waals surface area contributed by atoms with E-state index in [1.165, 1.54) is 19.3 Å². The van der Waals surface area contributed by atoms with Crippen molar-refractivity contribution in [2.45, 2.75) is 77.3 Å². The highest BCUT2D eigenvalue weighted by Gasteiger charge is 2.25. The second kappa shape index (κ2) is 12.0. The van der Waals surface area contributed by atoms with Crippen molar-refractivity contribution in [1.29, 1.82) is 0 Å². The lowest BCUT2D eigenvalue weighted by Crippen LogP contribution is -2.43. The summed E-state index contributed by atoms with van der Waals surface area (Å²) in [7, 11) is 0. The Kier molecular flexibility index (Phi) is 8.79. The number of amides is 2. The van der Waals surface area contributed by atoms with Gasteiger partial charge in [-0.2, -0.15) is 0 Å². The minimum absolute atomic E-state index is 0.0694. The Bertz CT molecular complexity index is 789. The number of benzene rings is 1. The Morgan fingerprint density at radius 1 is 0.939 bits per heavy atom. The predicted molar refractivity (Wildman–Crippen MR) is 131 cm³/mol. The van der Waals surface area contributed by atoms with Gasteiger partial charge in [-0.25, -0.2) is 0 Å². The lowest BCUT2D eigenvalue weighted by atomic mass is 9.82. The lowest BCUT2D eigenvalue weighted by Gasteiger charge is -2.36. The van der Waals surface area contributed by atoms with Gasteiger partial charge in [0.15, 0.2) is 0 Å². The first-order valence-electron chi connectivity index (χ1n) is 13.1. The quantitative estimate of drug-likeness (QED) is 0.682. The maximum Gasteiger partial charge on any atom is 0.223 e. The second-order valence-corrected chi connectivity index (χ2v) is 10.0. The molecule has 1 aromatic carbocycles. The van der Waals surface area contributed by atoms with E-state index in [0.717, 1.165) is 82.1 Å². The van der Waals surface area contributed by atoms with Gasteiger partial charge in [0.05, 0.1) is 0 Å². The molecule has 1 saturated heterocycles. The van der Waals surface area contributed by atoms with Crippen molar-refractivity contribution in [3.63, 3.8) is 0 Å². The zero-order chi connectivity index (χ0) is 23.0. The molecule has 1 saturated carbocycles. The van der Waals surface area contributed by atoms with Crippen LogP contribution in [-0.2, 0) is 20.9 Å². The monoisotopic (exact) mass is 455 g/mol. The number of hydrogen-bond acceptors (Lipinski definition) is 4. The molecule has 2 aliphatic heterocycles. The van der Waals surface area contributed by atoms with Gasteiger partial charge in [-0.05, 0) is 49.7 Å². The van der Waals surface area contributed by atoms with Crippen molar-refractivity contribution in [1.82, 2.24) is 9.80 Å². The highest BCUT2D eigenvalue weighted by Crippen LogP contribution is 2.31. The molecule has 0 spiro atoms. The van der Waals surface area contributed by atoms with Crippen LogP contribution in [0.15, 0.2) is 24.3 Å². The Balaban J connectivity index is 1.53. The minimum atomic E-state index is 0.0694. The number of anilines is 1. The molecule has 0 atom stereocenters. The van der Waals surface area contributed by atoms with Gasteiger partial charge in [-0.3, -0.25) is 9.59 Å². The molecule has 0 N–H and O–H groups in total. The fraction of sp³-hybridized carbons (Fsp3) is 0.704. The Hall–Kier alpha value is -1.92. The van der Waals surface area contributed by atoms with Crippen LogP contribution in [0.1, 0.15) is 70.3 Å². The van der Waals surface area contributed by atoms with Crippen molar-refractivity contribution in [3.05, 3.63) is 29.8 Å². The number of carbonyl (C=O) groups excluding carboxylic acids is 2. The van der Waals surface area contributed by atoms with Gasteiger partial charge in [0.1, 0.15) is 0 Å². The Morgan fingerprint density at radius 3 is 2.36 bits per heavy atom. The van der Waals surface area contributed by atoms with Crippen LogP contribution in [0, 0.1) is 5.92 Å². The van der Waals surface area contributed by atoms with E-state index in [9.17, 15) is 9.59 Å². The fourth-order valence-electron chi connectivity index (χ4n) is 5.54. The molecule has 0 radical (unpaired) electrons. The first kappa shape index (κ1) is 24.2. The SMILES string of the molecule is CC(=O)N1CCCN(C2CCOCC2)CCCN(C(=O)CCC2CCC2)Cc2ccccc21. The van der Waals surface area contributed by atoms with Gasteiger partial charge in [-0.15, -0.1) is 0 Å². The summed E-state index contributed by atoms with van der Waals surface area (Å²) in [4.78, 5) is 32.4. The minimum Gasteiger partial charge on any atom is -0.381 e. The van der Waals surface area contributed by atoms with Gasteiger partial charge in [0, 0.05) is 71.0 Å². The summed E-state index contributed by atoms with van der Waals surface area (Å²) in [6, 6.07) is 8.68. The molecule has 6 nitrogen and oxygen atoms in total. The van der Waals surface area contributed by atoms with Crippen molar-refractivity contribution in [2.24, 2.45) is 5.92 Å². The zero-order valence-corrected chi connectivity index (χ0v) is 20.3. The average molecular weight is 456 g/mol. The van der Waals surface area contributed by atoms with Gasteiger partial charge < -0.3 is 19.4 Å². The molecule has 182 valence electrons. The number of fused-ring (bicyclic) bond motifs is 1. The molecule has 1 aliphatic carbocycles. The summed E-state index contributed by atoms with van der Waals surface area (Å²) in [5, 5.41) is 0.